The quantitative estimate of drug-likeness (QED) is 0.705. The van der Waals surface area contributed by atoms with Gasteiger partial charge in [-0.05, 0) is 26.1 Å². The highest BCUT2D eigenvalue weighted by Crippen LogP contribution is 2.11. The van der Waals surface area contributed by atoms with E-state index in [1.807, 2.05) is 20.0 Å². The summed E-state index contributed by atoms with van der Waals surface area (Å²) in [4.78, 5) is 2.16. The van der Waals surface area contributed by atoms with Crippen LogP contribution in [-0.2, 0) is 4.74 Å². The monoisotopic (exact) mass is 240 g/mol. The Kier molecular flexibility index (Phi) is 6.58. The Hall–Kier alpha value is -1.13. The first-order valence-corrected chi connectivity index (χ1v) is 5.98. The Balaban J connectivity index is 2.17. The molecule has 0 saturated carbocycles. The summed E-state index contributed by atoms with van der Waals surface area (Å²) < 4.78 is 18.5. The van der Waals surface area contributed by atoms with E-state index in [1.165, 1.54) is 6.07 Å². The van der Waals surface area contributed by atoms with Gasteiger partial charge in [0.15, 0.2) is 0 Å². The number of likely N-dealkylation sites (N-methyl/N-ethyl adjacent to an activating group) is 1. The van der Waals surface area contributed by atoms with Gasteiger partial charge in [-0.2, -0.15) is 0 Å². The summed E-state index contributed by atoms with van der Waals surface area (Å²) >= 11 is 0. The third kappa shape index (κ3) is 5.65. The van der Waals surface area contributed by atoms with E-state index >= 15 is 0 Å². The number of benzene rings is 1. The molecule has 0 aliphatic carbocycles. The molecule has 0 radical (unpaired) electrons. The summed E-state index contributed by atoms with van der Waals surface area (Å²) in [6.45, 7) is 5.96. The van der Waals surface area contributed by atoms with Crippen LogP contribution in [0.3, 0.4) is 0 Å². The van der Waals surface area contributed by atoms with Gasteiger partial charge in [0.1, 0.15) is 5.82 Å². The zero-order valence-corrected chi connectivity index (χ0v) is 10.6. The molecule has 0 heterocycles. The van der Waals surface area contributed by atoms with Crippen LogP contribution in [0.4, 0.5) is 10.1 Å². The molecule has 0 fully saturated rings. The van der Waals surface area contributed by atoms with Gasteiger partial charge in [-0.3, -0.25) is 0 Å². The normalized spacial score (nSPS) is 10.8. The Morgan fingerprint density at radius 1 is 1.29 bits per heavy atom. The molecule has 0 bridgehead atoms. The van der Waals surface area contributed by atoms with E-state index in [2.05, 4.69) is 10.2 Å². The van der Waals surface area contributed by atoms with Crippen LogP contribution >= 0.6 is 0 Å². The lowest BCUT2D eigenvalue weighted by Gasteiger charge is -2.17. The average molecular weight is 240 g/mol. The zero-order valence-electron chi connectivity index (χ0n) is 10.6. The maximum atomic E-state index is 13.3. The van der Waals surface area contributed by atoms with Gasteiger partial charge in [0.2, 0.25) is 0 Å². The van der Waals surface area contributed by atoms with Gasteiger partial charge in [0, 0.05) is 26.2 Å². The molecule has 0 amide bonds. The van der Waals surface area contributed by atoms with Crippen molar-refractivity contribution in [2.24, 2.45) is 0 Å². The van der Waals surface area contributed by atoms with E-state index in [1.54, 1.807) is 12.1 Å². The number of nitrogens with zero attached hydrogens (tertiary/aromatic N) is 1. The lowest BCUT2D eigenvalue weighted by molar-refractivity contribution is 0.123. The minimum absolute atomic E-state index is 0.204. The molecule has 1 aromatic carbocycles. The lowest BCUT2D eigenvalue weighted by Crippen LogP contribution is -2.28. The van der Waals surface area contributed by atoms with Crippen LogP contribution in [0.2, 0.25) is 0 Å². The lowest BCUT2D eigenvalue weighted by atomic mass is 10.3. The summed E-state index contributed by atoms with van der Waals surface area (Å²) in [6, 6.07) is 6.72. The van der Waals surface area contributed by atoms with Crippen molar-refractivity contribution in [1.29, 1.82) is 0 Å². The van der Waals surface area contributed by atoms with Crippen molar-refractivity contribution in [2.75, 3.05) is 45.2 Å². The Labute approximate surface area is 103 Å². The van der Waals surface area contributed by atoms with Crippen molar-refractivity contribution >= 4 is 5.69 Å². The topological polar surface area (TPSA) is 24.5 Å². The standard InChI is InChI=1S/C13H21FN2O/c1-3-17-11-10-16(2)9-8-15-13-7-5-4-6-12(13)14/h4-7,15H,3,8-11H2,1-2H3. The molecule has 1 rings (SSSR count). The largest absolute Gasteiger partial charge is 0.381 e. The van der Waals surface area contributed by atoms with Crippen LogP contribution in [0, 0.1) is 5.82 Å². The van der Waals surface area contributed by atoms with Gasteiger partial charge in [-0.25, -0.2) is 4.39 Å². The predicted octanol–water partition coefficient (Wildman–Crippen LogP) is 2.21. The maximum absolute atomic E-state index is 13.3. The minimum atomic E-state index is -0.204. The maximum Gasteiger partial charge on any atom is 0.146 e. The highest BCUT2D eigenvalue weighted by atomic mass is 19.1. The number of rotatable bonds is 8. The molecule has 0 spiro atoms. The second-order valence-electron chi connectivity index (χ2n) is 3.91. The van der Waals surface area contributed by atoms with E-state index in [9.17, 15) is 4.39 Å². The number of hydrogen-bond acceptors (Lipinski definition) is 3. The first kappa shape index (κ1) is 13.9. The van der Waals surface area contributed by atoms with Crippen LogP contribution in [0.25, 0.3) is 0 Å². The second-order valence-corrected chi connectivity index (χ2v) is 3.91. The first-order valence-electron chi connectivity index (χ1n) is 5.98. The number of ether oxygens (including phenoxy) is 1. The molecule has 1 N–H and O–H groups in total. The molecular formula is C13H21FN2O. The van der Waals surface area contributed by atoms with Crippen LogP contribution in [0.5, 0.6) is 0 Å². The van der Waals surface area contributed by atoms with Crippen LogP contribution < -0.4 is 5.32 Å². The molecule has 1 aromatic rings. The molecule has 0 saturated heterocycles. The number of para-hydroxylation sites is 1. The molecule has 3 nitrogen and oxygen atoms in total. The number of hydrogen-bond donors (Lipinski definition) is 1. The predicted molar refractivity (Wildman–Crippen MR) is 68.9 cm³/mol. The minimum Gasteiger partial charge on any atom is -0.381 e. The van der Waals surface area contributed by atoms with Crippen molar-refractivity contribution in [3.05, 3.63) is 30.1 Å². The van der Waals surface area contributed by atoms with Gasteiger partial charge in [-0.15, -0.1) is 0 Å². The van der Waals surface area contributed by atoms with Gasteiger partial charge in [-0.1, -0.05) is 12.1 Å². The first-order chi connectivity index (χ1) is 8.24. The number of halogens is 1. The van der Waals surface area contributed by atoms with Gasteiger partial charge < -0.3 is 15.0 Å². The molecule has 96 valence electrons. The fourth-order valence-electron chi connectivity index (χ4n) is 1.46. The Morgan fingerprint density at radius 2 is 2.06 bits per heavy atom. The molecule has 0 unspecified atom stereocenters. The summed E-state index contributed by atoms with van der Waals surface area (Å²) in [5.41, 5.74) is 0.561. The van der Waals surface area contributed by atoms with Crippen LogP contribution in [-0.4, -0.2) is 44.8 Å². The summed E-state index contributed by atoms with van der Waals surface area (Å²) in [5, 5.41) is 3.08. The van der Waals surface area contributed by atoms with Crippen molar-refractivity contribution < 1.29 is 9.13 Å². The van der Waals surface area contributed by atoms with Crippen LogP contribution in [0.15, 0.2) is 24.3 Å². The fraction of sp³-hybridized carbons (Fsp3) is 0.538. The number of anilines is 1. The summed E-state index contributed by atoms with van der Waals surface area (Å²) in [7, 11) is 2.03. The summed E-state index contributed by atoms with van der Waals surface area (Å²) in [6.07, 6.45) is 0. The van der Waals surface area contributed by atoms with Crippen LogP contribution in [0.1, 0.15) is 6.92 Å². The molecule has 0 aromatic heterocycles. The van der Waals surface area contributed by atoms with Gasteiger partial charge in [0.25, 0.3) is 0 Å². The average Bonchev–Trinajstić information content (AvgIpc) is 2.32. The van der Waals surface area contributed by atoms with E-state index in [0.29, 0.717) is 5.69 Å². The zero-order chi connectivity index (χ0) is 12.5. The van der Waals surface area contributed by atoms with Crippen molar-refractivity contribution in [3.8, 4) is 0 Å². The molecular weight excluding hydrogens is 219 g/mol. The second kappa shape index (κ2) is 8.03. The molecule has 0 atom stereocenters. The molecule has 0 aliphatic heterocycles. The van der Waals surface area contributed by atoms with E-state index in [0.717, 1.165) is 32.8 Å². The molecule has 17 heavy (non-hydrogen) atoms. The Morgan fingerprint density at radius 3 is 2.76 bits per heavy atom. The molecule has 0 aliphatic rings. The Bertz CT molecular complexity index is 320. The van der Waals surface area contributed by atoms with E-state index < -0.39 is 0 Å². The molecule has 4 heteroatoms. The SMILES string of the molecule is CCOCCN(C)CCNc1ccccc1F. The van der Waals surface area contributed by atoms with Crippen molar-refractivity contribution in [2.45, 2.75) is 6.92 Å². The number of nitrogens with one attached hydrogen (secondary N) is 1. The van der Waals surface area contributed by atoms with Gasteiger partial charge in [0.05, 0.1) is 12.3 Å². The third-order valence-electron chi connectivity index (χ3n) is 2.50. The fourth-order valence-corrected chi connectivity index (χ4v) is 1.46. The summed E-state index contributed by atoms with van der Waals surface area (Å²) in [5.74, 6) is -0.204. The van der Waals surface area contributed by atoms with Gasteiger partial charge >= 0.3 is 0 Å². The van der Waals surface area contributed by atoms with Crippen molar-refractivity contribution in [1.82, 2.24) is 4.90 Å². The highest BCUT2D eigenvalue weighted by Gasteiger charge is 2.01. The smallest absolute Gasteiger partial charge is 0.146 e. The highest BCUT2D eigenvalue weighted by molar-refractivity contribution is 5.44. The van der Waals surface area contributed by atoms with E-state index in [4.69, 9.17) is 4.74 Å². The third-order valence-corrected chi connectivity index (χ3v) is 2.50. The van der Waals surface area contributed by atoms with E-state index in [-0.39, 0.29) is 5.82 Å². The van der Waals surface area contributed by atoms with Crippen molar-refractivity contribution in [3.63, 3.8) is 0 Å².